The molecule has 7 heteroatoms. The average molecular weight is 583 g/mol. The van der Waals surface area contributed by atoms with E-state index in [1.54, 1.807) is 61.7 Å². The molecule has 0 saturated carbocycles. The Kier molecular flexibility index (Phi) is 6.66. The molecule has 7 rings (SSSR count). The smallest absolute Gasteiger partial charge is 0.238 e. The van der Waals surface area contributed by atoms with Gasteiger partial charge in [-0.1, -0.05) is 67.3 Å². The first-order valence-electron chi connectivity index (χ1n) is 14.5. The Bertz CT molecular complexity index is 1840. The molecule has 4 aromatic rings. The number of amides is 1. The number of para-hydroxylation sites is 1. The number of nitrogens with one attached hydrogen (secondary N) is 1. The second-order valence-corrected chi connectivity index (χ2v) is 11.2. The fourth-order valence-corrected chi connectivity index (χ4v) is 7.17. The maximum atomic E-state index is 15.0. The third-order valence-corrected chi connectivity index (χ3v) is 8.98. The Morgan fingerprint density at radius 2 is 1.68 bits per heavy atom. The van der Waals surface area contributed by atoms with Gasteiger partial charge in [-0.3, -0.25) is 14.4 Å². The van der Waals surface area contributed by atoms with Crippen molar-refractivity contribution in [3.63, 3.8) is 0 Å². The molecule has 3 heterocycles. The SMILES string of the molecule is C=CCOc1cccc(C(=O)[C@@H]2[C@H](C(=O)c3ccc(OC)cc3)N3C=Cc4ccccc4[C@H]3[C@@]23C(=O)Nc2ccccc23)c1. The first-order valence-corrected chi connectivity index (χ1v) is 14.5. The second-order valence-electron chi connectivity index (χ2n) is 11.2. The molecule has 4 atom stereocenters. The number of fused-ring (bicyclic) bond motifs is 6. The molecule has 44 heavy (non-hydrogen) atoms. The van der Waals surface area contributed by atoms with Crippen molar-refractivity contribution in [2.24, 2.45) is 5.92 Å². The molecule has 3 aliphatic rings. The van der Waals surface area contributed by atoms with E-state index in [1.807, 2.05) is 65.7 Å². The molecule has 0 aromatic heterocycles. The highest BCUT2D eigenvalue weighted by molar-refractivity contribution is 6.16. The fourth-order valence-electron chi connectivity index (χ4n) is 7.17. The van der Waals surface area contributed by atoms with Gasteiger partial charge in [-0.2, -0.15) is 0 Å². The summed E-state index contributed by atoms with van der Waals surface area (Å²) >= 11 is 0. The highest BCUT2D eigenvalue weighted by Gasteiger charge is 2.70. The van der Waals surface area contributed by atoms with Gasteiger partial charge in [-0.25, -0.2) is 0 Å². The van der Waals surface area contributed by atoms with Crippen LogP contribution in [0.3, 0.4) is 0 Å². The van der Waals surface area contributed by atoms with Gasteiger partial charge in [-0.05, 0) is 65.2 Å². The molecule has 1 fully saturated rings. The lowest BCUT2D eigenvalue weighted by atomic mass is 9.62. The summed E-state index contributed by atoms with van der Waals surface area (Å²) in [6, 6.07) is 27.5. The minimum absolute atomic E-state index is 0.256. The van der Waals surface area contributed by atoms with E-state index < -0.39 is 23.4 Å². The maximum absolute atomic E-state index is 15.0. The minimum Gasteiger partial charge on any atom is -0.497 e. The van der Waals surface area contributed by atoms with Crippen molar-refractivity contribution in [3.05, 3.63) is 144 Å². The number of ether oxygens (including phenoxy) is 2. The number of anilines is 1. The summed E-state index contributed by atoms with van der Waals surface area (Å²) in [6.07, 6.45) is 5.45. The molecular weight excluding hydrogens is 552 g/mol. The van der Waals surface area contributed by atoms with Crippen molar-refractivity contribution >= 4 is 29.2 Å². The first kappa shape index (κ1) is 27.4. The van der Waals surface area contributed by atoms with Crippen LogP contribution < -0.4 is 14.8 Å². The van der Waals surface area contributed by atoms with Crippen molar-refractivity contribution < 1.29 is 23.9 Å². The van der Waals surface area contributed by atoms with Crippen molar-refractivity contribution in [1.82, 2.24) is 4.90 Å². The molecule has 218 valence electrons. The number of hydrogen-bond acceptors (Lipinski definition) is 6. The number of nitrogens with zero attached hydrogens (tertiary/aromatic N) is 1. The Morgan fingerprint density at radius 3 is 2.48 bits per heavy atom. The minimum atomic E-state index is -1.40. The van der Waals surface area contributed by atoms with Crippen molar-refractivity contribution in [1.29, 1.82) is 0 Å². The standard InChI is InChI=1S/C37H30N2O5/c1-3-21-44-27-11-8-10-25(22-27)33(40)31-32(34(41)24-15-17-26(43-2)18-16-24)39-20-19-23-9-4-5-12-28(23)35(39)37(31)29-13-6-7-14-30(29)38-36(37)42/h3-20,22,31-32,35H,1,21H2,2H3,(H,38,42)/t31-,32+,35-,37-/m0/s1. The van der Waals surface area contributed by atoms with E-state index in [9.17, 15) is 9.59 Å². The van der Waals surface area contributed by atoms with Gasteiger partial charge >= 0.3 is 0 Å². The number of ketones is 2. The molecule has 1 N–H and O–H groups in total. The fraction of sp³-hybridized carbons (Fsp3) is 0.162. The summed E-state index contributed by atoms with van der Waals surface area (Å²) in [5.74, 6) is -0.832. The third-order valence-electron chi connectivity index (χ3n) is 8.98. The van der Waals surface area contributed by atoms with Crippen LogP contribution in [0, 0.1) is 5.92 Å². The van der Waals surface area contributed by atoms with Gasteiger partial charge in [0.15, 0.2) is 11.6 Å². The normalized spacial score (nSPS) is 22.5. The van der Waals surface area contributed by atoms with Crippen LogP contribution in [0.5, 0.6) is 11.5 Å². The number of benzene rings is 4. The van der Waals surface area contributed by atoms with Crippen LogP contribution in [0.2, 0.25) is 0 Å². The lowest BCUT2D eigenvalue weighted by molar-refractivity contribution is -0.122. The number of hydrogen-bond donors (Lipinski definition) is 1. The predicted molar refractivity (Wildman–Crippen MR) is 168 cm³/mol. The topological polar surface area (TPSA) is 84.9 Å². The Balaban J connectivity index is 1.49. The Labute approximate surface area is 255 Å². The van der Waals surface area contributed by atoms with E-state index in [-0.39, 0.29) is 24.1 Å². The lowest BCUT2D eigenvalue weighted by Crippen LogP contribution is -2.49. The van der Waals surface area contributed by atoms with Gasteiger partial charge in [0.1, 0.15) is 29.6 Å². The molecule has 0 aliphatic carbocycles. The second kappa shape index (κ2) is 10.7. The molecular formula is C37H30N2O5. The van der Waals surface area contributed by atoms with E-state index in [0.717, 1.165) is 11.1 Å². The summed E-state index contributed by atoms with van der Waals surface area (Å²) in [7, 11) is 1.57. The van der Waals surface area contributed by atoms with Crippen LogP contribution in [-0.2, 0) is 10.2 Å². The summed E-state index contributed by atoms with van der Waals surface area (Å²) in [5, 5.41) is 3.08. The van der Waals surface area contributed by atoms with E-state index in [4.69, 9.17) is 9.47 Å². The van der Waals surface area contributed by atoms with E-state index in [1.165, 1.54) is 0 Å². The molecule has 1 amide bonds. The molecule has 0 bridgehead atoms. The number of rotatable bonds is 8. The van der Waals surface area contributed by atoms with E-state index in [2.05, 4.69) is 11.9 Å². The highest BCUT2D eigenvalue weighted by Crippen LogP contribution is 2.62. The zero-order valence-electron chi connectivity index (χ0n) is 24.1. The van der Waals surface area contributed by atoms with Crippen LogP contribution in [0.15, 0.2) is 116 Å². The van der Waals surface area contributed by atoms with Crippen molar-refractivity contribution in [3.8, 4) is 11.5 Å². The van der Waals surface area contributed by atoms with E-state index in [0.29, 0.717) is 33.9 Å². The number of carbonyl (C=O) groups is 3. The van der Waals surface area contributed by atoms with Crippen molar-refractivity contribution in [2.75, 3.05) is 19.0 Å². The first-order chi connectivity index (χ1) is 21.5. The van der Waals surface area contributed by atoms with Crippen molar-refractivity contribution in [2.45, 2.75) is 17.5 Å². The molecule has 0 unspecified atom stereocenters. The van der Waals surface area contributed by atoms with Crippen LogP contribution in [0.4, 0.5) is 5.69 Å². The largest absolute Gasteiger partial charge is 0.497 e. The van der Waals surface area contributed by atoms with Crippen LogP contribution in [0.1, 0.15) is 43.4 Å². The van der Waals surface area contributed by atoms with Gasteiger partial charge in [0.2, 0.25) is 5.91 Å². The molecule has 1 spiro atoms. The van der Waals surface area contributed by atoms with Gasteiger partial charge in [0.25, 0.3) is 0 Å². The quantitative estimate of drug-likeness (QED) is 0.196. The van der Waals surface area contributed by atoms with Crippen LogP contribution >= 0.6 is 0 Å². The molecule has 0 radical (unpaired) electrons. The molecule has 7 nitrogen and oxygen atoms in total. The summed E-state index contributed by atoms with van der Waals surface area (Å²) in [6.45, 7) is 3.98. The maximum Gasteiger partial charge on any atom is 0.238 e. The predicted octanol–water partition coefficient (Wildman–Crippen LogP) is 6.24. The Hall–Kier alpha value is -5.43. The van der Waals surface area contributed by atoms with E-state index >= 15 is 4.79 Å². The molecule has 1 saturated heterocycles. The van der Waals surface area contributed by atoms with Crippen LogP contribution in [0.25, 0.3) is 6.08 Å². The van der Waals surface area contributed by atoms with Gasteiger partial charge in [-0.15, -0.1) is 0 Å². The van der Waals surface area contributed by atoms with Crippen LogP contribution in [-0.4, -0.2) is 42.1 Å². The number of methoxy groups -OCH3 is 1. The monoisotopic (exact) mass is 582 g/mol. The summed E-state index contributed by atoms with van der Waals surface area (Å²) in [4.78, 5) is 46.2. The van der Waals surface area contributed by atoms with Gasteiger partial charge < -0.3 is 19.7 Å². The number of carbonyl (C=O) groups excluding carboxylic acids is 3. The Morgan fingerprint density at radius 1 is 0.909 bits per heavy atom. The van der Waals surface area contributed by atoms with Gasteiger partial charge in [0, 0.05) is 23.0 Å². The molecule has 3 aliphatic heterocycles. The zero-order valence-corrected chi connectivity index (χ0v) is 24.1. The lowest BCUT2D eigenvalue weighted by Gasteiger charge is -2.38. The average Bonchev–Trinajstić information content (AvgIpc) is 3.55. The number of Topliss-reactive ketones (excluding diaryl/α,β-unsaturated/α-hetero) is 2. The molecule has 4 aromatic carbocycles. The third kappa shape index (κ3) is 4.00. The van der Waals surface area contributed by atoms with Gasteiger partial charge in [0.05, 0.1) is 19.1 Å². The summed E-state index contributed by atoms with van der Waals surface area (Å²) < 4.78 is 11.1. The zero-order chi connectivity index (χ0) is 30.4. The summed E-state index contributed by atoms with van der Waals surface area (Å²) in [5.41, 5.74) is 2.54. The highest BCUT2D eigenvalue weighted by atomic mass is 16.5.